The number of fused-ring (bicyclic) bond motifs is 1. The molecule has 2 atom stereocenters. The Kier molecular flexibility index (Phi) is 11.1. The summed E-state index contributed by atoms with van der Waals surface area (Å²) in [5.74, 6) is -0.00932. The fourth-order valence-electron chi connectivity index (χ4n) is 3.39. The molecule has 0 radical (unpaired) electrons. The topological polar surface area (TPSA) is 130 Å². The predicted octanol–water partition coefficient (Wildman–Crippen LogP) is 4.51. The van der Waals surface area contributed by atoms with Crippen molar-refractivity contribution in [2.75, 3.05) is 33.4 Å². The SMILES string of the molecule is CC(OC(=O)COCCON([O-])O)OC(=O)N(C)CC[C@H](Oc1cccc2ccccc12)c1cccs1. The molecule has 3 rings (SSSR count). The minimum atomic E-state index is -1.14. The standard InChI is InChI=1S/C25H29N2O9S/c1-18(34-24(28)17-32-14-15-33-27(30)31)35-25(29)26(2)13-12-22(23-11-6-16-37-23)36-21-10-5-8-19-7-3-4-9-20(19)21/h3-11,16,18,22,30H,12-15,17H2,1-2H3/q-1/t18?,22-/m0/s1. The number of thiophene rings is 1. The number of amides is 1. The fourth-order valence-corrected chi connectivity index (χ4v) is 4.18. The molecule has 0 spiro atoms. The number of rotatable bonds is 14. The number of ether oxygens (including phenoxy) is 4. The summed E-state index contributed by atoms with van der Waals surface area (Å²) in [4.78, 5) is 30.9. The molecule has 11 nitrogen and oxygen atoms in total. The third-order valence-electron chi connectivity index (χ3n) is 5.13. The monoisotopic (exact) mass is 533 g/mol. The first kappa shape index (κ1) is 28.3. The van der Waals surface area contributed by atoms with Crippen molar-refractivity contribution in [1.82, 2.24) is 10.3 Å². The normalized spacial score (nSPS) is 12.8. The van der Waals surface area contributed by atoms with E-state index < -0.39 is 30.3 Å². The van der Waals surface area contributed by atoms with Gasteiger partial charge in [0.15, 0.2) is 0 Å². The van der Waals surface area contributed by atoms with Crippen LogP contribution in [0.5, 0.6) is 5.75 Å². The van der Waals surface area contributed by atoms with E-state index in [1.807, 2.05) is 60.0 Å². The van der Waals surface area contributed by atoms with Gasteiger partial charge in [-0.2, -0.15) is 0 Å². The summed E-state index contributed by atoms with van der Waals surface area (Å²) in [6, 6.07) is 17.8. The second-order valence-corrected chi connectivity index (χ2v) is 8.85. The Morgan fingerprint density at radius 3 is 2.59 bits per heavy atom. The largest absolute Gasteiger partial charge is 0.738 e. The molecule has 12 heteroatoms. The molecule has 1 unspecified atom stereocenters. The van der Waals surface area contributed by atoms with E-state index in [0.717, 1.165) is 21.4 Å². The van der Waals surface area contributed by atoms with Crippen LogP contribution in [0.25, 0.3) is 10.8 Å². The number of hydrogen-bond donors (Lipinski definition) is 1. The second-order valence-electron chi connectivity index (χ2n) is 7.87. The van der Waals surface area contributed by atoms with E-state index in [1.165, 1.54) is 11.8 Å². The van der Waals surface area contributed by atoms with Crippen molar-refractivity contribution in [3.05, 3.63) is 70.1 Å². The fraction of sp³-hybridized carbons (Fsp3) is 0.360. The molecule has 0 aliphatic rings. The van der Waals surface area contributed by atoms with Crippen LogP contribution in [0.4, 0.5) is 4.79 Å². The number of carbonyl (C=O) groups is 2. The van der Waals surface area contributed by atoms with Gasteiger partial charge in [-0.1, -0.05) is 42.5 Å². The summed E-state index contributed by atoms with van der Waals surface area (Å²) in [7, 11) is 1.59. The highest BCUT2D eigenvalue weighted by atomic mass is 32.1. The Bertz CT molecular complexity index is 1120. The third-order valence-corrected chi connectivity index (χ3v) is 6.10. The summed E-state index contributed by atoms with van der Waals surface area (Å²) < 4.78 is 21.5. The van der Waals surface area contributed by atoms with Crippen LogP contribution < -0.4 is 4.74 Å². The lowest BCUT2D eigenvalue weighted by atomic mass is 10.1. The summed E-state index contributed by atoms with van der Waals surface area (Å²) in [5.41, 5.74) is 0. The quantitative estimate of drug-likeness (QED) is 0.137. The Labute approximate surface area is 218 Å². The summed E-state index contributed by atoms with van der Waals surface area (Å²) in [6.07, 6.45) is -1.58. The molecular formula is C25H29N2O9S-. The van der Waals surface area contributed by atoms with Crippen LogP contribution in [0.3, 0.4) is 0 Å². The van der Waals surface area contributed by atoms with Crippen LogP contribution >= 0.6 is 11.3 Å². The van der Waals surface area contributed by atoms with Crippen molar-refractivity contribution in [2.45, 2.75) is 25.7 Å². The molecule has 1 N–H and O–H groups in total. The number of carbonyl (C=O) groups excluding carboxylic acids is 2. The molecule has 1 heterocycles. The van der Waals surface area contributed by atoms with Gasteiger partial charge in [0.25, 0.3) is 0 Å². The van der Waals surface area contributed by atoms with Crippen molar-refractivity contribution >= 4 is 34.2 Å². The van der Waals surface area contributed by atoms with Gasteiger partial charge in [-0.05, 0) is 22.9 Å². The minimum Gasteiger partial charge on any atom is -0.738 e. The second kappa shape index (κ2) is 14.5. The van der Waals surface area contributed by atoms with Crippen LogP contribution in [0.15, 0.2) is 60.0 Å². The molecule has 0 aliphatic heterocycles. The lowest BCUT2D eigenvalue weighted by Gasteiger charge is -2.24. The highest BCUT2D eigenvalue weighted by Gasteiger charge is 2.21. The van der Waals surface area contributed by atoms with Crippen LogP contribution in [0.1, 0.15) is 24.3 Å². The Morgan fingerprint density at radius 2 is 1.84 bits per heavy atom. The molecule has 1 aromatic heterocycles. The number of esters is 1. The summed E-state index contributed by atoms with van der Waals surface area (Å²) in [5, 5.41) is 21.8. The van der Waals surface area contributed by atoms with Crippen LogP contribution in [-0.4, -0.2) is 67.3 Å². The van der Waals surface area contributed by atoms with Crippen molar-refractivity contribution < 1.29 is 38.6 Å². The molecule has 2 aromatic carbocycles. The first-order valence-electron chi connectivity index (χ1n) is 11.5. The Hall–Kier alpha value is -3.26. The summed E-state index contributed by atoms with van der Waals surface area (Å²) >= 11 is 1.58. The van der Waals surface area contributed by atoms with Crippen LogP contribution in [0, 0.1) is 5.21 Å². The number of benzene rings is 2. The molecule has 0 fully saturated rings. The van der Waals surface area contributed by atoms with E-state index in [4.69, 9.17) is 24.2 Å². The average molecular weight is 534 g/mol. The first-order valence-corrected chi connectivity index (χ1v) is 12.4. The zero-order valence-electron chi connectivity index (χ0n) is 20.5. The maximum Gasteiger partial charge on any atom is 0.412 e. The van der Waals surface area contributed by atoms with Crippen LogP contribution in [0.2, 0.25) is 0 Å². The Balaban J connectivity index is 1.48. The van der Waals surface area contributed by atoms with Gasteiger partial charge in [0.2, 0.25) is 6.29 Å². The highest BCUT2D eigenvalue weighted by Crippen LogP contribution is 2.33. The van der Waals surface area contributed by atoms with E-state index in [-0.39, 0.29) is 19.3 Å². The maximum atomic E-state index is 12.5. The number of hydrogen-bond acceptors (Lipinski definition) is 11. The Morgan fingerprint density at radius 1 is 1.05 bits per heavy atom. The van der Waals surface area contributed by atoms with Gasteiger partial charge in [-0.25, -0.2) is 9.59 Å². The van der Waals surface area contributed by atoms with Crippen LogP contribution in [-0.2, 0) is 23.8 Å². The predicted molar refractivity (Wildman–Crippen MR) is 135 cm³/mol. The molecule has 0 saturated heterocycles. The molecule has 200 valence electrons. The smallest absolute Gasteiger partial charge is 0.412 e. The van der Waals surface area contributed by atoms with Gasteiger partial charge in [0.1, 0.15) is 18.5 Å². The molecule has 3 aromatic rings. The minimum absolute atomic E-state index is 0.127. The first-order chi connectivity index (χ1) is 17.8. The molecule has 0 aliphatic carbocycles. The van der Waals surface area contributed by atoms with Gasteiger partial charge >= 0.3 is 12.1 Å². The summed E-state index contributed by atoms with van der Waals surface area (Å²) in [6.45, 7) is 0.916. The van der Waals surface area contributed by atoms with Gasteiger partial charge in [-0.15, -0.1) is 16.7 Å². The van der Waals surface area contributed by atoms with Crippen molar-refractivity contribution in [3.63, 3.8) is 0 Å². The maximum absolute atomic E-state index is 12.5. The van der Waals surface area contributed by atoms with E-state index in [0.29, 0.717) is 13.0 Å². The zero-order chi connectivity index (χ0) is 26.6. The molecule has 0 bridgehead atoms. The van der Waals surface area contributed by atoms with Gasteiger partial charge in [0, 0.05) is 37.2 Å². The third kappa shape index (κ3) is 9.28. The number of nitrogens with zero attached hydrogens (tertiary/aromatic N) is 2. The van der Waals surface area contributed by atoms with Crippen molar-refractivity contribution in [3.8, 4) is 5.75 Å². The van der Waals surface area contributed by atoms with Crippen molar-refractivity contribution in [1.29, 1.82) is 0 Å². The lowest BCUT2D eigenvalue weighted by Crippen LogP contribution is -2.34. The molecule has 0 saturated carbocycles. The molecular weight excluding hydrogens is 504 g/mol. The molecule has 37 heavy (non-hydrogen) atoms. The van der Waals surface area contributed by atoms with Crippen molar-refractivity contribution in [2.24, 2.45) is 0 Å². The molecule has 1 amide bonds. The lowest BCUT2D eigenvalue weighted by molar-refractivity contribution is -0.308. The average Bonchev–Trinajstić information content (AvgIpc) is 3.40. The highest BCUT2D eigenvalue weighted by molar-refractivity contribution is 7.10. The van der Waals surface area contributed by atoms with Gasteiger partial charge < -0.3 is 34.3 Å². The van der Waals surface area contributed by atoms with Gasteiger partial charge in [0.05, 0.1) is 13.2 Å². The van der Waals surface area contributed by atoms with E-state index >= 15 is 0 Å². The van der Waals surface area contributed by atoms with E-state index in [9.17, 15) is 14.8 Å². The van der Waals surface area contributed by atoms with Gasteiger partial charge in [-0.3, -0.25) is 4.84 Å². The van der Waals surface area contributed by atoms with E-state index in [1.54, 1.807) is 18.4 Å². The zero-order valence-corrected chi connectivity index (χ0v) is 21.3. The van der Waals surface area contributed by atoms with E-state index in [2.05, 4.69) is 4.84 Å².